The number of nitrogens with zero attached hydrogens (tertiary/aromatic N) is 1. The predicted octanol–water partition coefficient (Wildman–Crippen LogP) is 2.16. The summed E-state index contributed by atoms with van der Waals surface area (Å²) in [4.78, 5) is 18.3. The van der Waals surface area contributed by atoms with Crippen LogP contribution in [-0.4, -0.2) is 45.7 Å². The first-order chi connectivity index (χ1) is 9.52. The predicted molar refractivity (Wildman–Crippen MR) is 78.3 cm³/mol. The highest BCUT2D eigenvalue weighted by Crippen LogP contribution is 2.71. The van der Waals surface area contributed by atoms with Crippen molar-refractivity contribution in [3.63, 3.8) is 0 Å². The maximum atomic E-state index is 12.4. The molecule has 1 spiro atoms. The second kappa shape index (κ2) is 3.67. The van der Waals surface area contributed by atoms with Crippen molar-refractivity contribution in [3.8, 4) is 0 Å². The standard InChI is InChI=1S/C15H23NO4S/c1-12(2)11(17)13(3,4)15(12)20-16-7-8-9(10(16)21-15)19-14(5,6)18-8/h8-10H,7H2,1-6H3/t8-,9-,10+/m0/s1. The monoisotopic (exact) mass is 313 g/mol. The van der Waals surface area contributed by atoms with Crippen LogP contribution in [0.15, 0.2) is 0 Å². The fourth-order valence-electron chi connectivity index (χ4n) is 4.58. The smallest absolute Gasteiger partial charge is 0.163 e. The Hall–Kier alpha value is -0.140. The van der Waals surface area contributed by atoms with Crippen LogP contribution in [0.5, 0.6) is 0 Å². The van der Waals surface area contributed by atoms with E-state index in [1.54, 1.807) is 11.8 Å². The SMILES string of the molecule is CC1(C)O[C@H]2[C@H](CN3OC4(S[C@H]23)C(C)(C)C(=O)C4(C)C)O1. The summed E-state index contributed by atoms with van der Waals surface area (Å²) in [6.07, 6.45) is 0.0588. The molecule has 3 heterocycles. The minimum Gasteiger partial charge on any atom is -0.343 e. The molecule has 0 unspecified atom stereocenters. The minimum atomic E-state index is -0.530. The van der Waals surface area contributed by atoms with Crippen molar-refractivity contribution >= 4 is 17.5 Å². The molecule has 3 saturated heterocycles. The lowest BCUT2D eigenvalue weighted by molar-refractivity contribution is -0.287. The maximum absolute atomic E-state index is 12.4. The van der Waals surface area contributed by atoms with Gasteiger partial charge < -0.3 is 9.47 Å². The van der Waals surface area contributed by atoms with Gasteiger partial charge in [0.1, 0.15) is 17.6 Å². The molecule has 0 aromatic heterocycles. The fourth-order valence-corrected chi connectivity index (χ4v) is 6.45. The molecule has 0 bridgehead atoms. The molecule has 0 amide bonds. The van der Waals surface area contributed by atoms with E-state index in [4.69, 9.17) is 14.3 Å². The van der Waals surface area contributed by atoms with E-state index in [-0.39, 0.29) is 23.4 Å². The number of thioether (sulfide) groups is 1. The van der Waals surface area contributed by atoms with Crippen LogP contribution in [-0.2, 0) is 19.1 Å². The van der Waals surface area contributed by atoms with Gasteiger partial charge in [-0.1, -0.05) is 11.8 Å². The quantitative estimate of drug-likeness (QED) is 0.683. The number of hydrogen-bond donors (Lipinski definition) is 0. The van der Waals surface area contributed by atoms with Crippen molar-refractivity contribution in [3.05, 3.63) is 0 Å². The van der Waals surface area contributed by atoms with Crippen LogP contribution in [0.3, 0.4) is 0 Å². The van der Waals surface area contributed by atoms with Gasteiger partial charge in [-0.05, 0) is 41.5 Å². The van der Waals surface area contributed by atoms with Crippen molar-refractivity contribution in [2.45, 2.75) is 69.8 Å². The molecule has 4 rings (SSSR count). The summed E-state index contributed by atoms with van der Waals surface area (Å²) in [5, 5.41) is 2.08. The highest BCUT2D eigenvalue weighted by atomic mass is 32.2. The van der Waals surface area contributed by atoms with Crippen LogP contribution in [0.25, 0.3) is 0 Å². The third-order valence-electron chi connectivity index (χ3n) is 5.46. The van der Waals surface area contributed by atoms with Gasteiger partial charge in [-0.2, -0.15) is 5.06 Å². The molecule has 3 aliphatic heterocycles. The molecular formula is C15H23NO4S. The van der Waals surface area contributed by atoms with E-state index in [1.165, 1.54) is 0 Å². The van der Waals surface area contributed by atoms with Crippen molar-refractivity contribution in [2.75, 3.05) is 6.54 Å². The van der Waals surface area contributed by atoms with Crippen LogP contribution in [0.1, 0.15) is 41.5 Å². The molecule has 4 fully saturated rings. The van der Waals surface area contributed by atoms with Gasteiger partial charge in [-0.3, -0.25) is 9.63 Å². The molecule has 3 atom stereocenters. The van der Waals surface area contributed by atoms with E-state index >= 15 is 0 Å². The molecule has 21 heavy (non-hydrogen) atoms. The van der Waals surface area contributed by atoms with Crippen LogP contribution in [0.2, 0.25) is 0 Å². The average molecular weight is 313 g/mol. The first-order valence-corrected chi connectivity index (χ1v) is 8.44. The maximum Gasteiger partial charge on any atom is 0.163 e. The second-order valence-corrected chi connectivity index (χ2v) is 9.33. The summed E-state index contributed by atoms with van der Waals surface area (Å²) in [5.41, 5.74) is -0.952. The van der Waals surface area contributed by atoms with Gasteiger partial charge in [0.2, 0.25) is 0 Å². The third-order valence-corrected chi connectivity index (χ3v) is 7.63. The Bertz CT molecular complexity index is 512. The minimum absolute atomic E-state index is 0.00618. The lowest BCUT2D eigenvalue weighted by Crippen LogP contribution is -2.73. The largest absolute Gasteiger partial charge is 0.343 e. The Kier molecular flexibility index (Phi) is 2.53. The number of ketones is 1. The van der Waals surface area contributed by atoms with Gasteiger partial charge in [0.15, 0.2) is 16.5 Å². The number of ether oxygens (including phenoxy) is 2. The number of Topliss-reactive ketones (excluding diaryl/α,β-unsaturated/α-hetero) is 1. The van der Waals surface area contributed by atoms with E-state index in [9.17, 15) is 4.79 Å². The summed E-state index contributed by atoms with van der Waals surface area (Å²) in [6.45, 7) is 12.6. The second-order valence-electron chi connectivity index (χ2n) is 8.03. The van der Waals surface area contributed by atoms with Crippen LogP contribution < -0.4 is 0 Å². The summed E-state index contributed by atoms with van der Waals surface area (Å²) >= 11 is 1.74. The fraction of sp³-hybridized carbons (Fsp3) is 0.933. The van der Waals surface area contributed by atoms with Gasteiger partial charge in [0, 0.05) is 0 Å². The first kappa shape index (κ1) is 14.5. The molecule has 0 N–H and O–H groups in total. The normalized spacial score (nSPS) is 44.7. The zero-order valence-corrected chi connectivity index (χ0v) is 14.2. The molecule has 0 aromatic carbocycles. The number of hydrogen-bond acceptors (Lipinski definition) is 6. The van der Waals surface area contributed by atoms with Gasteiger partial charge >= 0.3 is 0 Å². The van der Waals surface area contributed by atoms with Crippen molar-refractivity contribution in [1.29, 1.82) is 0 Å². The zero-order valence-electron chi connectivity index (χ0n) is 13.4. The highest BCUT2D eigenvalue weighted by molar-refractivity contribution is 8.01. The highest BCUT2D eigenvalue weighted by Gasteiger charge is 2.79. The van der Waals surface area contributed by atoms with Crippen LogP contribution in [0, 0.1) is 10.8 Å². The Morgan fingerprint density at radius 2 is 1.71 bits per heavy atom. The van der Waals surface area contributed by atoms with E-state index in [0.29, 0.717) is 6.54 Å². The number of carbonyl (C=O) groups is 1. The van der Waals surface area contributed by atoms with Crippen molar-refractivity contribution < 1.29 is 19.1 Å². The van der Waals surface area contributed by atoms with Gasteiger partial charge in [0.25, 0.3) is 0 Å². The topological polar surface area (TPSA) is 48.0 Å². The summed E-state index contributed by atoms with van der Waals surface area (Å²) in [7, 11) is 0. The van der Waals surface area contributed by atoms with Gasteiger partial charge in [-0.15, -0.1) is 0 Å². The van der Waals surface area contributed by atoms with E-state index in [0.717, 1.165) is 0 Å². The van der Waals surface area contributed by atoms with Crippen molar-refractivity contribution in [2.24, 2.45) is 10.8 Å². The molecular weight excluding hydrogens is 290 g/mol. The van der Waals surface area contributed by atoms with Gasteiger partial charge in [0.05, 0.1) is 17.4 Å². The first-order valence-electron chi connectivity index (χ1n) is 7.56. The van der Waals surface area contributed by atoms with Crippen LogP contribution >= 0.6 is 11.8 Å². The Balaban J connectivity index is 1.64. The summed E-state index contributed by atoms with van der Waals surface area (Å²) in [6, 6.07) is 0. The summed E-state index contributed by atoms with van der Waals surface area (Å²) < 4.78 is 12.0. The molecule has 118 valence electrons. The van der Waals surface area contributed by atoms with Crippen LogP contribution in [0.4, 0.5) is 0 Å². The third kappa shape index (κ3) is 1.46. The number of carbonyl (C=O) groups excluding carboxylic acids is 1. The number of fused-ring (bicyclic) bond motifs is 3. The van der Waals surface area contributed by atoms with E-state index in [1.807, 2.05) is 46.6 Å². The molecule has 0 radical (unpaired) electrons. The number of hydroxylamine groups is 2. The Labute approximate surface area is 129 Å². The molecule has 1 saturated carbocycles. The summed E-state index contributed by atoms with van der Waals surface area (Å²) in [5.74, 6) is -0.262. The molecule has 0 aromatic rings. The van der Waals surface area contributed by atoms with Gasteiger partial charge in [-0.25, -0.2) is 0 Å². The average Bonchev–Trinajstić information content (AvgIpc) is 2.94. The number of rotatable bonds is 0. The zero-order chi connectivity index (χ0) is 15.4. The lowest BCUT2D eigenvalue weighted by Gasteiger charge is -2.61. The Morgan fingerprint density at radius 1 is 1.10 bits per heavy atom. The van der Waals surface area contributed by atoms with Crippen molar-refractivity contribution in [1.82, 2.24) is 5.06 Å². The van der Waals surface area contributed by atoms with E-state index in [2.05, 4.69) is 0 Å². The Morgan fingerprint density at radius 3 is 2.33 bits per heavy atom. The van der Waals surface area contributed by atoms with E-state index < -0.39 is 21.6 Å². The molecule has 5 nitrogen and oxygen atoms in total. The molecule has 6 heteroatoms. The lowest BCUT2D eigenvalue weighted by atomic mass is 9.51. The molecule has 1 aliphatic carbocycles. The molecule has 4 aliphatic rings.